The van der Waals surface area contributed by atoms with Crippen molar-refractivity contribution in [3.8, 4) is 0 Å². The first-order valence-electron chi connectivity index (χ1n) is 10.3. The van der Waals surface area contributed by atoms with Gasteiger partial charge in [-0.25, -0.2) is 0 Å². The molecule has 1 heterocycles. The molecule has 26 heavy (non-hydrogen) atoms. The van der Waals surface area contributed by atoms with Gasteiger partial charge in [-0.1, -0.05) is 0 Å². The molecule has 0 saturated carbocycles. The van der Waals surface area contributed by atoms with E-state index in [2.05, 4.69) is 29.1 Å². The van der Waals surface area contributed by atoms with Crippen molar-refractivity contribution in [1.82, 2.24) is 4.57 Å². The summed E-state index contributed by atoms with van der Waals surface area (Å²) in [6.45, 7) is 7.00. The Morgan fingerprint density at radius 1 is 0.538 bits per heavy atom. The normalized spacial score (nSPS) is 11.3. The van der Waals surface area contributed by atoms with Gasteiger partial charge in [0.25, 0.3) is 0 Å². The Morgan fingerprint density at radius 2 is 0.923 bits per heavy atom. The number of aromatic nitrogens is 1. The summed E-state index contributed by atoms with van der Waals surface area (Å²) < 4.78 is 24.1. The van der Waals surface area contributed by atoms with Crippen LogP contribution in [0.15, 0.2) is 24.5 Å². The maximum atomic E-state index is 5.67. The molecule has 5 nitrogen and oxygen atoms in total. The lowest BCUT2D eigenvalue weighted by Crippen LogP contribution is -2.03. The molecule has 1 aromatic rings. The lowest BCUT2D eigenvalue weighted by Gasteiger charge is -2.07. The molecule has 0 N–H and O–H groups in total. The van der Waals surface area contributed by atoms with Crippen LogP contribution in [0.4, 0.5) is 0 Å². The molecule has 1 aromatic heterocycles. The van der Waals surface area contributed by atoms with Crippen LogP contribution < -0.4 is 0 Å². The van der Waals surface area contributed by atoms with Crippen LogP contribution in [-0.4, -0.2) is 57.9 Å². The van der Waals surface area contributed by atoms with Gasteiger partial charge in [0.05, 0.1) is 0 Å². The Labute approximate surface area is 160 Å². The molecule has 0 aliphatic rings. The van der Waals surface area contributed by atoms with Gasteiger partial charge in [-0.05, 0) is 63.5 Å². The molecule has 0 aromatic carbocycles. The summed E-state index contributed by atoms with van der Waals surface area (Å²) in [5.74, 6) is 0. The third-order valence-corrected chi connectivity index (χ3v) is 4.16. The fourth-order valence-corrected chi connectivity index (χ4v) is 2.59. The SMILES string of the molecule is COCCCCOCCCCOCCCCOCCCCn1cccc1. The number of unbranched alkanes of at least 4 members (excludes halogenated alkanes) is 4. The van der Waals surface area contributed by atoms with Crippen molar-refractivity contribution in [2.45, 2.75) is 57.9 Å². The van der Waals surface area contributed by atoms with E-state index in [1.165, 1.54) is 6.42 Å². The van der Waals surface area contributed by atoms with E-state index >= 15 is 0 Å². The van der Waals surface area contributed by atoms with E-state index in [1.807, 2.05) is 0 Å². The molecule has 152 valence electrons. The van der Waals surface area contributed by atoms with Gasteiger partial charge in [0.2, 0.25) is 0 Å². The standard InChI is InChI=1S/C21H39NO4/c1-23-15-6-7-17-25-19-10-11-21-26-20-9-8-18-24-16-5-4-14-22-12-2-3-13-22/h2-3,12-13H,4-11,14-21H2,1H3. The Hall–Kier alpha value is -0.880. The van der Waals surface area contributed by atoms with Crippen LogP contribution in [-0.2, 0) is 25.5 Å². The second-order valence-corrected chi connectivity index (χ2v) is 6.58. The van der Waals surface area contributed by atoms with E-state index in [-0.39, 0.29) is 0 Å². The van der Waals surface area contributed by atoms with Crippen LogP contribution >= 0.6 is 0 Å². The molecule has 0 radical (unpaired) electrons. The lowest BCUT2D eigenvalue weighted by molar-refractivity contribution is 0.0873. The summed E-state index contributed by atoms with van der Waals surface area (Å²) in [4.78, 5) is 0. The molecule has 1 rings (SSSR count). The second kappa shape index (κ2) is 18.9. The van der Waals surface area contributed by atoms with Crippen molar-refractivity contribution >= 4 is 0 Å². The zero-order chi connectivity index (χ0) is 18.5. The average molecular weight is 370 g/mol. The molecule has 0 aliphatic heterocycles. The summed E-state index contributed by atoms with van der Waals surface area (Å²) in [6.07, 6.45) is 13.0. The lowest BCUT2D eigenvalue weighted by atomic mass is 10.3. The fraction of sp³-hybridized carbons (Fsp3) is 0.810. The number of ether oxygens (including phenoxy) is 4. The molecular weight excluding hydrogens is 330 g/mol. The van der Waals surface area contributed by atoms with Crippen molar-refractivity contribution in [2.24, 2.45) is 0 Å². The first-order valence-corrected chi connectivity index (χ1v) is 10.3. The molecule has 0 saturated heterocycles. The Balaban J connectivity index is 1.65. The monoisotopic (exact) mass is 369 g/mol. The number of hydrogen-bond donors (Lipinski definition) is 0. The quantitative estimate of drug-likeness (QED) is 0.321. The van der Waals surface area contributed by atoms with Gasteiger partial charge in [-0.2, -0.15) is 0 Å². The molecule has 0 amide bonds. The molecule has 5 heteroatoms. The summed E-state index contributed by atoms with van der Waals surface area (Å²) in [7, 11) is 1.74. The number of rotatable bonds is 20. The largest absolute Gasteiger partial charge is 0.385 e. The first kappa shape index (κ1) is 23.2. The smallest absolute Gasteiger partial charge is 0.0466 e. The third kappa shape index (κ3) is 15.4. The summed E-state index contributed by atoms with van der Waals surface area (Å²) in [6, 6.07) is 4.14. The number of aryl methyl sites for hydroxylation is 1. The Morgan fingerprint density at radius 3 is 1.35 bits per heavy atom. The molecule has 0 fully saturated rings. The Bertz CT molecular complexity index is 370. The fourth-order valence-electron chi connectivity index (χ4n) is 2.59. The van der Waals surface area contributed by atoms with Crippen molar-refractivity contribution in [3.63, 3.8) is 0 Å². The topological polar surface area (TPSA) is 41.9 Å². The van der Waals surface area contributed by atoms with Crippen molar-refractivity contribution in [1.29, 1.82) is 0 Å². The van der Waals surface area contributed by atoms with E-state index < -0.39 is 0 Å². The predicted octanol–water partition coefficient (Wildman–Crippen LogP) is 4.31. The van der Waals surface area contributed by atoms with E-state index in [0.29, 0.717) is 0 Å². The van der Waals surface area contributed by atoms with Crippen LogP contribution in [0.2, 0.25) is 0 Å². The van der Waals surface area contributed by atoms with Gasteiger partial charge in [0, 0.05) is 72.3 Å². The van der Waals surface area contributed by atoms with Crippen molar-refractivity contribution in [2.75, 3.05) is 53.4 Å². The van der Waals surface area contributed by atoms with E-state index in [1.54, 1.807) is 7.11 Å². The van der Waals surface area contributed by atoms with E-state index in [0.717, 1.165) is 97.7 Å². The molecular formula is C21H39NO4. The first-order chi connectivity index (χ1) is 12.9. The minimum absolute atomic E-state index is 0.830. The highest BCUT2D eigenvalue weighted by Crippen LogP contribution is 1.99. The maximum absolute atomic E-state index is 5.67. The Kier molecular flexibility index (Phi) is 16.8. The van der Waals surface area contributed by atoms with Crippen LogP contribution in [0.25, 0.3) is 0 Å². The highest BCUT2D eigenvalue weighted by Gasteiger charge is 1.95. The van der Waals surface area contributed by atoms with Crippen molar-refractivity contribution < 1.29 is 18.9 Å². The third-order valence-electron chi connectivity index (χ3n) is 4.16. The van der Waals surface area contributed by atoms with Crippen LogP contribution in [0.5, 0.6) is 0 Å². The minimum atomic E-state index is 0.830. The second-order valence-electron chi connectivity index (χ2n) is 6.58. The summed E-state index contributed by atoms with van der Waals surface area (Å²) in [5, 5.41) is 0. The van der Waals surface area contributed by atoms with Gasteiger partial charge >= 0.3 is 0 Å². The average Bonchev–Trinajstić information content (AvgIpc) is 3.17. The highest BCUT2D eigenvalue weighted by atomic mass is 16.5. The van der Waals surface area contributed by atoms with E-state index in [4.69, 9.17) is 18.9 Å². The van der Waals surface area contributed by atoms with Gasteiger partial charge in [-0.3, -0.25) is 0 Å². The number of methoxy groups -OCH3 is 1. The zero-order valence-electron chi connectivity index (χ0n) is 16.7. The van der Waals surface area contributed by atoms with Crippen LogP contribution in [0.1, 0.15) is 51.4 Å². The maximum Gasteiger partial charge on any atom is 0.0466 e. The minimum Gasteiger partial charge on any atom is -0.385 e. The van der Waals surface area contributed by atoms with Crippen LogP contribution in [0.3, 0.4) is 0 Å². The van der Waals surface area contributed by atoms with Crippen LogP contribution in [0, 0.1) is 0 Å². The van der Waals surface area contributed by atoms with Gasteiger partial charge in [0.15, 0.2) is 0 Å². The molecule has 0 spiro atoms. The summed E-state index contributed by atoms with van der Waals surface area (Å²) >= 11 is 0. The molecule has 0 aliphatic carbocycles. The van der Waals surface area contributed by atoms with E-state index in [9.17, 15) is 0 Å². The van der Waals surface area contributed by atoms with Crippen molar-refractivity contribution in [3.05, 3.63) is 24.5 Å². The predicted molar refractivity (Wildman–Crippen MR) is 106 cm³/mol. The molecule has 0 bridgehead atoms. The number of hydrogen-bond acceptors (Lipinski definition) is 4. The van der Waals surface area contributed by atoms with Gasteiger partial charge in [-0.15, -0.1) is 0 Å². The number of nitrogens with zero attached hydrogens (tertiary/aromatic N) is 1. The molecule has 0 atom stereocenters. The molecule has 0 unspecified atom stereocenters. The highest BCUT2D eigenvalue weighted by molar-refractivity contribution is 4.89. The van der Waals surface area contributed by atoms with Gasteiger partial charge in [0.1, 0.15) is 0 Å². The zero-order valence-corrected chi connectivity index (χ0v) is 16.7. The summed E-state index contributed by atoms with van der Waals surface area (Å²) in [5.41, 5.74) is 0. The van der Waals surface area contributed by atoms with Gasteiger partial charge < -0.3 is 23.5 Å².